The molecule has 0 aliphatic heterocycles. The van der Waals surface area contributed by atoms with Gasteiger partial charge < -0.3 is 4.74 Å². The zero-order chi connectivity index (χ0) is 21.9. The number of aryl methyl sites for hydroxylation is 1. The molecule has 3 rings (SSSR count). The quantitative estimate of drug-likeness (QED) is 0.219. The van der Waals surface area contributed by atoms with Gasteiger partial charge in [-0.15, -0.1) is 0 Å². The van der Waals surface area contributed by atoms with E-state index in [1.165, 1.54) is 25.7 Å². The number of nitrogens with one attached hydrogen (secondary N) is 1. The van der Waals surface area contributed by atoms with Gasteiger partial charge in [-0.3, -0.25) is 5.43 Å². The van der Waals surface area contributed by atoms with Crippen molar-refractivity contribution in [3.05, 3.63) is 71.4 Å². The standard InChI is InChI=1S/C26H32N4O/c1-4-5-6-7-11-18-31-24-16-14-22(15-17-24)19-27-30-25-20(2)21(3)28-26(29-25)23-12-9-8-10-13-23/h8-10,12-17,19H,4-7,11,18H2,1-3H3,(H,28,29,30)/b27-19-. The Hall–Kier alpha value is -3.21. The van der Waals surface area contributed by atoms with Gasteiger partial charge in [0.15, 0.2) is 11.6 Å². The van der Waals surface area contributed by atoms with Gasteiger partial charge >= 0.3 is 0 Å². The van der Waals surface area contributed by atoms with Crippen LogP contribution in [-0.2, 0) is 0 Å². The molecule has 0 fully saturated rings. The molecule has 0 saturated heterocycles. The summed E-state index contributed by atoms with van der Waals surface area (Å²) in [6, 6.07) is 18.0. The summed E-state index contributed by atoms with van der Waals surface area (Å²) in [7, 11) is 0. The molecule has 5 heteroatoms. The summed E-state index contributed by atoms with van der Waals surface area (Å²) in [6.45, 7) is 6.99. The van der Waals surface area contributed by atoms with Crippen molar-refractivity contribution in [1.82, 2.24) is 9.97 Å². The molecule has 0 amide bonds. The van der Waals surface area contributed by atoms with Crippen molar-refractivity contribution in [2.75, 3.05) is 12.0 Å². The van der Waals surface area contributed by atoms with E-state index in [0.717, 1.165) is 41.2 Å². The third-order valence-corrected chi connectivity index (χ3v) is 5.20. The first kappa shape index (κ1) is 22.5. The van der Waals surface area contributed by atoms with E-state index in [1.807, 2.05) is 68.4 Å². The highest BCUT2D eigenvalue weighted by molar-refractivity contribution is 5.80. The predicted octanol–water partition coefficient (Wildman–Crippen LogP) is 6.56. The normalized spacial score (nSPS) is 11.1. The van der Waals surface area contributed by atoms with E-state index in [2.05, 4.69) is 27.4 Å². The largest absolute Gasteiger partial charge is 0.494 e. The van der Waals surface area contributed by atoms with E-state index in [1.54, 1.807) is 6.21 Å². The van der Waals surface area contributed by atoms with Crippen LogP contribution in [0.3, 0.4) is 0 Å². The monoisotopic (exact) mass is 416 g/mol. The van der Waals surface area contributed by atoms with Crippen LogP contribution in [0.1, 0.15) is 55.8 Å². The second kappa shape index (κ2) is 11.8. The number of nitrogens with zero attached hydrogens (tertiary/aromatic N) is 3. The summed E-state index contributed by atoms with van der Waals surface area (Å²) < 4.78 is 5.82. The lowest BCUT2D eigenvalue weighted by Crippen LogP contribution is -2.03. The average molecular weight is 417 g/mol. The number of hydrogen-bond acceptors (Lipinski definition) is 5. The van der Waals surface area contributed by atoms with Gasteiger partial charge in [0, 0.05) is 16.8 Å². The SMILES string of the molecule is CCCCCCCOc1ccc(/C=N\Nc2nc(-c3ccccc3)nc(C)c2C)cc1. The lowest BCUT2D eigenvalue weighted by molar-refractivity contribution is 0.304. The van der Waals surface area contributed by atoms with Crippen molar-refractivity contribution in [3.63, 3.8) is 0 Å². The van der Waals surface area contributed by atoms with E-state index >= 15 is 0 Å². The maximum atomic E-state index is 5.82. The minimum Gasteiger partial charge on any atom is -0.494 e. The molecule has 0 aliphatic carbocycles. The molecular formula is C26H32N4O. The Kier molecular flexibility index (Phi) is 8.59. The van der Waals surface area contributed by atoms with Crippen LogP contribution < -0.4 is 10.2 Å². The first-order valence-corrected chi connectivity index (χ1v) is 11.1. The molecule has 0 saturated carbocycles. The lowest BCUT2D eigenvalue weighted by Gasteiger charge is -2.09. The average Bonchev–Trinajstić information content (AvgIpc) is 2.80. The van der Waals surface area contributed by atoms with Gasteiger partial charge in [0.05, 0.1) is 12.8 Å². The molecule has 0 unspecified atom stereocenters. The molecule has 0 radical (unpaired) electrons. The maximum absolute atomic E-state index is 5.82. The van der Waals surface area contributed by atoms with Gasteiger partial charge in [-0.1, -0.05) is 62.9 Å². The van der Waals surface area contributed by atoms with Crippen molar-refractivity contribution >= 4 is 12.0 Å². The van der Waals surface area contributed by atoms with Crippen molar-refractivity contribution in [3.8, 4) is 17.1 Å². The van der Waals surface area contributed by atoms with Crippen molar-refractivity contribution in [2.45, 2.75) is 52.9 Å². The van der Waals surface area contributed by atoms with Gasteiger partial charge in [0.1, 0.15) is 5.75 Å². The van der Waals surface area contributed by atoms with Crippen LogP contribution in [0, 0.1) is 13.8 Å². The van der Waals surface area contributed by atoms with E-state index in [9.17, 15) is 0 Å². The fraction of sp³-hybridized carbons (Fsp3) is 0.346. The second-order valence-electron chi connectivity index (χ2n) is 7.67. The van der Waals surface area contributed by atoms with Gasteiger partial charge in [-0.25, -0.2) is 9.97 Å². The third-order valence-electron chi connectivity index (χ3n) is 5.20. The van der Waals surface area contributed by atoms with Gasteiger partial charge in [0.2, 0.25) is 0 Å². The van der Waals surface area contributed by atoms with Crippen LogP contribution in [0.5, 0.6) is 5.75 Å². The minimum atomic E-state index is 0.692. The molecule has 0 aliphatic rings. The Morgan fingerprint density at radius 3 is 2.39 bits per heavy atom. The van der Waals surface area contributed by atoms with Crippen molar-refractivity contribution < 1.29 is 4.74 Å². The zero-order valence-electron chi connectivity index (χ0n) is 18.8. The van der Waals surface area contributed by atoms with E-state index in [-0.39, 0.29) is 0 Å². The number of unbranched alkanes of at least 4 members (excludes halogenated alkanes) is 4. The van der Waals surface area contributed by atoms with Crippen LogP contribution in [-0.4, -0.2) is 22.8 Å². The summed E-state index contributed by atoms with van der Waals surface area (Å²) in [5.74, 6) is 2.30. The molecule has 0 spiro atoms. The molecule has 3 aromatic rings. The molecule has 162 valence electrons. The van der Waals surface area contributed by atoms with Crippen LogP contribution in [0.15, 0.2) is 59.7 Å². The van der Waals surface area contributed by atoms with E-state index in [0.29, 0.717) is 11.6 Å². The lowest BCUT2D eigenvalue weighted by atomic mass is 10.2. The first-order valence-electron chi connectivity index (χ1n) is 11.1. The van der Waals surface area contributed by atoms with E-state index in [4.69, 9.17) is 4.74 Å². The Bertz CT molecular complexity index is 969. The summed E-state index contributed by atoms with van der Waals surface area (Å²) in [6.07, 6.45) is 8.00. The molecule has 1 heterocycles. The Morgan fingerprint density at radius 2 is 1.65 bits per heavy atom. The fourth-order valence-corrected chi connectivity index (χ4v) is 3.17. The highest BCUT2D eigenvalue weighted by Gasteiger charge is 2.09. The van der Waals surface area contributed by atoms with E-state index < -0.39 is 0 Å². The number of rotatable bonds is 11. The van der Waals surface area contributed by atoms with Crippen molar-refractivity contribution in [1.29, 1.82) is 0 Å². The topological polar surface area (TPSA) is 59.4 Å². The first-order chi connectivity index (χ1) is 15.2. The summed E-state index contributed by atoms with van der Waals surface area (Å²) in [4.78, 5) is 9.26. The number of benzene rings is 2. The number of ether oxygens (including phenoxy) is 1. The summed E-state index contributed by atoms with van der Waals surface area (Å²) in [5.41, 5.74) is 6.97. The predicted molar refractivity (Wildman–Crippen MR) is 129 cm³/mol. The number of anilines is 1. The molecule has 1 N–H and O–H groups in total. The van der Waals surface area contributed by atoms with Gasteiger partial charge in [-0.05, 0) is 50.1 Å². The minimum absolute atomic E-state index is 0.692. The van der Waals surface area contributed by atoms with Crippen LogP contribution >= 0.6 is 0 Å². The molecule has 1 aromatic heterocycles. The highest BCUT2D eigenvalue weighted by Crippen LogP contribution is 2.21. The van der Waals surface area contributed by atoms with Crippen LogP contribution in [0.25, 0.3) is 11.4 Å². The number of hydrogen-bond donors (Lipinski definition) is 1. The molecule has 31 heavy (non-hydrogen) atoms. The van der Waals surface area contributed by atoms with Crippen molar-refractivity contribution in [2.24, 2.45) is 5.10 Å². The smallest absolute Gasteiger partial charge is 0.161 e. The second-order valence-corrected chi connectivity index (χ2v) is 7.67. The maximum Gasteiger partial charge on any atom is 0.161 e. The number of hydrazone groups is 1. The van der Waals surface area contributed by atoms with Crippen LogP contribution in [0.4, 0.5) is 5.82 Å². The molecule has 2 aromatic carbocycles. The summed E-state index contributed by atoms with van der Waals surface area (Å²) >= 11 is 0. The third kappa shape index (κ3) is 6.92. The number of aromatic nitrogens is 2. The highest BCUT2D eigenvalue weighted by atomic mass is 16.5. The zero-order valence-corrected chi connectivity index (χ0v) is 18.8. The molecule has 0 bridgehead atoms. The Labute approximate surface area is 185 Å². The fourth-order valence-electron chi connectivity index (χ4n) is 3.17. The molecular weight excluding hydrogens is 384 g/mol. The van der Waals surface area contributed by atoms with Gasteiger partial charge in [-0.2, -0.15) is 5.10 Å². The van der Waals surface area contributed by atoms with Gasteiger partial charge in [0.25, 0.3) is 0 Å². The molecule has 0 atom stereocenters. The molecule has 5 nitrogen and oxygen atoms in total. The Morgan fingerprint density at radius 1 is 0.903 bits per heavy atom. The Balaban J connectivity index is 1.56. The van der Waals surface area contributed by atoms with Crippen LogP contribution in [0.2, 0.25) is 0 Å². The summed E-state index contributed by atoms with van der Waals surface area (Å²) in [5, 5.41) is 4.38.